The quantitative estimate of drug-likeness (QED) is 0.849. The van der Waals surface area contributed by atoms with Gasteiger partial charge in [-0.25, -0.2) is 0 Å². The van der Waals surface area contributed by atoms with E-state index in [2.05, 4.69) is 30.3 Å². The topological polar surface area (TPSA) is 20.2 Å². The van der Waals surface area contributed by atoms with Crippen LogP contribution in [0.3, 0.4) is 0 Å². The van der Waals surface area contributed by atoms with Crippen LogP contribution >= 0.6 is 0 Å². The fourth-order valence-corrected chi connectivity index (χ4v) is 3.02. The van der Waals surface area contributed by atoms with E-state index < -0.39 is 5.60 Å². The molecular formula is C17H18O. The normalized spacial score (nSPS) is 22.5. The van der Waals surface area contributed by atoms with Crippen LogP contribution in [0.5, 0.6) is 0 Å². The van der Waals surface area contributed by atoms with Gasteiger partial charge in [-0.3, -0.25) is 0 Å². The zero-order valence-electron chi connectivity index (χ0n) is 10.5. The monoisotopic (exact) mass is 238 g/mol. The number of benzene rings is 2. The van der Waals surface area contributed by atoms with Crippen LogP contribution < -0.4 is 0 Å². The molecule has 0 saturated heterocycles. The summed E-state index contributed by atoms with van der Waals surface area (Å²) in [7, 11) is 0. The van der Waals surface area contributed by atoms with E-state index in [9.17, 15) is 5.11 Å². The summed E-state index contributed by atoms with van der Waals surface area (Å²) in [6, 6.07) is 18.6. The van der Waals surface area contributed by atoms with Gasteiger partial charge in [0.1, 0.15) is 0 Å². The van der Waals surface area contributed by atoms with E-state index in [1.54, 1.807) is 0 Å². The van der Waals surface area contributed by atoms with Crippen molar-refractivity contribution in [3.05, 3.63) is 71.3 Å². The van der Waals surface area contributed by atoms with Crippen molar-refractivity contribution in [3.8, 4) is 0 Å². The van der Waals surface area contributed by atoms with Gasteiger partial charge >= 0.3 is 0 Å². The molecule has 0 amide bonds. The van der Waals surface area contributed by atoms with E-state index in [-0.39, 0.29) is 0 Å². The first kappa shape index (κ1) is 11.5. The Labute approximate surface area is 108 Å². The Kier molecular flexibility index (Phi) is 2.92. The van der Waals surface area contributed by atoms with Gasteiger partial charge in [-0.15, -0.1) is 0 Å². The van der Waals surface area contributed by atoms with Crippen LogP contribution in [0.1, 0.15) is 29.5 Å². The molecule has 18 heavy (non-hydrogen) atoms. The van der Waals surface area contributed by atoms with Crippen molar-refractivity contribution in [2.75, 3.05) is 0 Å². The second-order valence-corrected chi connectivity index (χ2v) is 5.20. The summed E-state index contributed by atoms with van der Waals surface area (Å²) in [4.78, 5) is 0. The van der Waals surface area contributed by atoms with Crippen molar-refractivity contribution in [1.82, 2.24) is 0 Å². The summed E-state index contributed by atoms with van der Waals surface area (Å²) in [5.41, 5.74) is 2.95. The molecule has 0 fully saturated rings. The SMILES string of the molecule is OC1(Cc2ccccc2)CCCc2ccccc21. The fourth-order valence-electron chi connectivity index (χ4n) is 3.02. The van der Waals surface area contributed by atoms with Crippen LogP contribution in [0.15, 0.2) is 54.6 Å². The lowest BCUT2D eigenvalue weighted by Gasteiger charge is -2.34. The lowest BCUT2D eigenvalue weighted by atomic mass is 9.76. The van der Waals surface area contributed by atoms with Crippen LogP contribution in [-0.4, -0.2) is 5.11 Å². The Balaban J connectivity index is 1.96. The number of rotatable bonds is 2. The Hall–Kier alpha value is -1.60. The van der Waals surface area contributed by atoms with Crippen LogP contribution in [0, 0.1) is 0 Å². The van der Waals surface area contributed by atoms with Crippen molar-refractivity contribution in [1.29, 1.82) is 0 Å². The van der Waals surface area contributed by atoms with Gasteiger partial charge in [-0.05, 0) is 36.0 Å². The highest BCUT2D eigenvalue weighted by Gasteiger charge is 2.33. The standard InChI is InChI=1S/C17H18O/c18-17(13-14-7-2-1-3-8-14)12-6-10-15-9-4-5-11-16(15)17/h1-5,7-9,11,18H,6,10,12-13H2. The third kappa shape index (κ3) is 2.06. The van der Waals surface area contributed by atoms with Gasteiger partial charge in [-0.1, -0.05) is 54.6 Å². The Morgan fingerprint density at radius 1 is 0.944 bits per heavy atom. The van der Waals surface area contributed by atoms with Gasteiger partial charge in [0.15, 0.2) is 0 Å². The summed E-state index contributed by atoms with van der Waals surface area (Å²) in [6.07, 6.45) is 3.73. The fraction of sp³-hybridized carbons (Fsp3) is 0.294. The molecule has 1 heteroatoms. The van der Waals surface area contributed by atoms with E-state index >= 15 is 0 Å². The Bertz CT molecular complexity index is 532. The van der Waals surface area contributed by atoms with Gasteiger partial charge in [0.25, 0.3) is 0 Å². The predicted octanol–water partition coefficient (Wildman–Crippen LogP) is 3.45. The summed E-state index contributed by atoms with van der Waals surface area (Å²) in [5.74, 6) is 0. The molecule has 0 radical (unpaired) electrons. The molecule has 1 atom stereocenters. The largest absolute Gasteiger partial charge is 0.385 e. The molecule has 0 heterocycles. The number of hydrogen-bond acceptors (Lipinski definition) is 1. The molecule has 1 aliphatic rings. The summed E-state index contributed by atoms with van der Waals surface area (Å²) < 4.78 is 0. The molecule has 1 nitrogen and oxygen atoms in total. The lowest BCUT2D eigenvalue weighted by molar-refractivity contribution is 0.0190. The smallest absolute Gasteiger partial charge is 0.0939 e. The van der Waals surface area contributed by atoms with Crippen LogP contribution in [-0.2, 0) is 18.4 Å². The second-order valence-electron chi connectivity index (χ2n) is 5.20. The van der Waals surface area contributed by atoms with Crippen molar-refractivity contribution < 1.29 is 5.11 Å². The summed E-state index contributed by atoms with van der Waals surface area (Å²) >= 11 is 0. The molecule has 0 bridgehead atoms. The molecule has 3 rings (SSSR count). The van der Waals surface area contributed by atoms with Gasteiger partial charge < -0.3 is 5.11 Å². The van der Waals surface area contributed by atoms with Gasteiger partial charge in [-0.2, -0.15) is 0 Å². The van der Waals surface area contributed by atoms with Gasteiger partial charge in [0, 0.05) is 6.42 Å². The molecule has 1 unspecified atom stereocenters. The highest BCUT2D eigenvalue weighted by Crippen LogP contribution is 2.37. The molecule has 0 aromatic heterocycles. The van der Waals surface area contributed by atoms with Crippen molar-refractivity contribution in [2.45, 2.75) is 31.3 Å². The van der Waals surface area contributed by atoms with E-state index in [0.29, 0.717) is 6.42 Å². The third-order valence-corrected chi connectivity index (χ3v) is 3.89. The molecule has 0 saturated carbocycles. The van der Waals surface area contributed by atoms with Crippen molar-refractivity contribution in [2.24, 2.45) is 0 Å². The molecule has 1 N–H and O–H groups in total. The van der Waals surface area contributed by atoms with E-state index in [1.165, 1.54) is 11.1 Å². The van der Waals surface area contributed by atoms with Gasteiger partial charge in [0.2, 0.25) is 0 Å². The lowest BCUT2D eigenvalue weighted by Crippen LogP contribution is -2.32. The number of fused-ring (bicyclic) bond motifs is 1. The highest BCUT2D eigenvalue weighted by atomic mass is 16.3. The maximum absolute atomic E-state index is 11.0. The summed E-state index contributed by atoms with van der Waals surface area (Å²) in [6.45, 7) is 0. The predicted molar refractivity (Wildman–Crippen MR) is 73.4 cm³/mol. The first-order valence-electron chi connectivity index (χ1n) is 6.63. The third-order valence-electron chi connectivity index (χ3n) is 3.89. The molecule has 92 valence electrons. The van der Waals surface area contributed by atoms with Crippen molar-refractivity contribution in [3.63, 3.8) is 0 Å². The number of aliphatic hydroxyl groups is 1. The molecule has 0 aliphatic heterocycles. The maximum Gasteiger partial charge on any atom is 0.0939 e. The van der Waals surface area contributed by atoms with E-state index in [4.69, 9.17) is 0 Å². The minimum Gasteiger partial charge on any atom is -0.385 e. The van der Waals surface area contributed by atoms with Crippen LogP contribution in [0.4, 0.5) is 0 Å². The Morgan fingerprint density at radius 3 is 2.50 bits per heavy atom. The minimum atomic E-state index is -0.684. The highest BCUT2D eigenvalue weighted by molar-refractivity contribution is 5.36. The average Bonchev–Trinajstić information content (AvgIpc) is 2.40. The second kappa shape index (κ2) is 4.58. The Morgan fingerprint density at radius 2 is 1.67 bits per heavy atom. The van der Waals surface area contributed by atoms with Crippen LogP contribution in [0.25, 0.3) is 0 Å². The maximum atomic E-state index is 11.0. The number of hydrogen-bond donors (Lipinski definition) is 1. The van der Waals surface area contributed by atoms with E-state index in [1.807, 2.05) is 24.3 Å². The molecule has 0 spiro atoms. The first-order valence-corrected chi connectivity index (χ1v) is 6.63. The summed E-state index contributed by atoms with van der Waals surface area (Å²) in [5, 5.41) is 11.0. The molecule has 2 aromatic rings. The molecular weight excluding hydrogens is 220 g/mol. The zero-order chi connectivity index (χ0) is 12.4. The number of aryl methyl sites for hydroxylation is 1. The van der Waals surface area contributed by atoms with E-state index in [0.717, 1.165) is 24.8 Å². The van der Waals surface area contributed by atoms with Crippen LogP contribution in [0.2, 0.25) is 0 Å². The minimum absolute atomic E-state index is 0.684. The average molecular weight is 238 g/mol. The van der Waals surface area contributed by atoms with Gasteiger partial charge in [0.05, 0.1) is 5.60 Å². The zero-order valence-corrected chi connectivity index (χ0v) is 10.5. The molecule has 1 aliphatic carbocycles. The first-order chi connectivity index (χ1) is 8.78. The van der Waals surface area contributed by atoms with Crippen molar-refractivity contribution >= 4 is 0 Å². The molecule has 2 aromatic carbocycles.